The molecule has 0 heterocycles. The van der Waals surface area contributed by atoms with E-state index < -0.39 is 11.8 Å². The number of nitrogens with zero attached hydrogens (tertiary/aromatic N) is 1. The van der Waals surface area contributed by atoms with E-state index in [9.17, 15) is 14.4 Å². The molecule has 0 radical (unpaired) electrons. The summed E-state index contributed by atoms with van der Waals surface area (Å²) in [6, 6.07) is 22.3. The first-order chi connectivity index (χ1) is 15.5. The van der Waals surface area contributed by atoms with Gasteiger partial charge in [0, 0.05) is 5.69 Å². The summed E-state index contributed by atoms with van der Waals surface area (Å²) in [6.07, 6.45) is 1.34. The van der Waals surface area contributed by atoms with Crippen molar-refractivity contribution in [1.29, 1.82) is 0 Å². The topological polar surface area (TPSA) is 109 Å². The molecule has 3 N–H and O–H groups in total. The normalized spacial score (nSPS) is 10.4. The molecule has 0 aliphatic carbocycles. The molecule has 0 saturated heterocycles. The van der Waals surface area contributed by atoms with E-state index in [2.05, 4.69) is 21.2 Å². The van der Waals surface area contributed by atoms with Crippen LogP contribution in [0, 0.1) is 0 Å². The fraction of sp³-hybridized carbons (Fsp3) is 0.0435. The highest BCUT2D eigenvalue weighted by molar-refractivity contribution is 6.41. The molecule has 0 spiro atoms. The lowest BCUT2D eigenvalue weighted by Gasteiger charge is -2.08. The molecule has 0 aromatic heterocycles. The van der Waals surface area contributed by atoms with Gasteiger partial charge in [-0.05, 0) is 42.0 Å². The van der Waals surface area contributed by atoms with Crippen LogP contribution >= 0.6 is 11.6 Å². The van der Waals surface area contributed by atoms with Gasteiger partial charge in [0.05, 0.1) is 16.9 Å². The standard InChI is InChI=1S/C23H19ClN4O4/c24-19-11-4-5-12-20(19)27-22(30)23(31)28-25-14-16-7-6-10-18(13-16)32-15-21(29)26-17-8-2-1-3-9-17/h1-14H,15H2,(H,26,29)(H,27,30)(H,28,31)/b25-14-. The Bertz CT molecular complexity index is 1140. The molecule has 0 aliphatic rings. The molecule has 3 amide bonds. The van der Waals surface area contributed by atoms with Crippen molar-refractivity contribution >= 4 is 46.9 Å². The van der Waals surface area contributed by atoms with Gasteiger partial charge < -0.3 is 15.4 Å². The smallest absolute Gasteiger partial charge is 0.329 e. The second-order valence-electron chi connectivity index (χ2n) is 6.41. The second-order valence-corrected chi connectivity index (χ2v) is 6.82. The van der Waals surface area contributed by atoms with Crippen molar-refractivity contribution in [3.63, 3.8) is 0 Å². The lowest BCUT2D eigenvalue weighted by molar-refractivity contribution is -0.136. The molecular weight excluding hydrogens is 432 g/mol. The first-order valence-corrected chi connectivity index (χ1v) is 9.86. The van der Waals surface area contributed by atoms with Crippen molar-refractivity contribution < 1.29 is 19.1 Å². The fourth-order valence-electron chi connectivity index (χ4n) is 2.51. The average Bonchev–Trinajstić information content (AvgIpc) is 2.80. The summed E-state index contributed by atoms with van der Waals surface area (Å²) in [4.78, 5) is 35.8. The van der Waals surface area contributed by atoms with Gasteiger partial charge in [-0.2, -0.15) is 5.10 Å². The molecule has 9 heteroatoms. The average molecular weight is 451 g/mol. The number of halogens is 1. The number of hydrogen-bond acceptors (Lipinski definition) is 5. The fourth-order valence-corrected chi connectivity index (χ4v) is 2.69. The van der Waals surface area contributed by atoms with E-state index in [1.165, 1.54) is 6.21 Å². The van der Waals surface area contributed by atoms with Crippen LogP contribution in [-0.4, -0.2) is 30.5 Å². The lowest BCUT2D eigenvalue weighted by Crippen LogP contribution is -2.32. The minimum absolute atomic E-state index is 0.172. The number of carbonyl (C=O) groups excluding carboxylic acids is 3. The Morgan fingerprint density at radius 1 is 0.875 bits per heavy atom. The van der Waals surface area contributed by atoms with Gasteiger partial charge in [0.15, 0.2) is 6.61 Å². The molecule has 0 atom stereocenters. The largest absolute Gasteiger partial charge is 0.484 e. The molecule has 0 aliphatic heterocycles. The predicted octanol–water partition coefficient (Wildman–Crippen LogP) is 3.45. The Hall–Kier alpha value is -4.17. The Balaban J connectivity index is 1.48. The Morgan fingerprint density at radius 3 is 2.41 bits per heavy atom. The van der Waals surface area contributed by atoms with Crippen LogP contribution < -0.4 is 20.8 Å². The first kappa shape index (κ1) is 22.5. The van der Waals surface area contributed by atoms with Gasteiger partial charge in [0.25, 0.3) is 5.91 Å². The molecular formula is C23H19ClN4O4. The van der Waals surface area contributed by atoms with Gasteiger partial charge in [-0.15, -0.1) is 0 Å². The van der Waals surface area contributed by atoms with Crippen LogP contribution in [0.15, 0.2) is 84.0 Å². The van der Waals surface area contributed by atoms with Crippen molar-refractivity contribution in [3.8, 4) is 5.75 Å². The third-order valence-corrected chi connectivity index (χ3v) is 4.32. The lowest BCUT2D eigenvalue weighted by atomic mass is 10.2. The maximum absolute atomic E-state index is 12.0. The summed E-state index contributed by atoms with van der Waals surface area (Å²) in [5.74, 6) is -1.71. The molecule has 3 aromatic carbocycles. The van der Waals surface area contributed by atoms with Crippen LogP contribution in [0.5, 0.6) is 5.75 Å². The van der Waals surface area contributed by atoms with Crippen LogP contribution in [0.1, 0.15) is 5.56 Å². The molecule has 32 heavy (non-hydrogen) atoms. The van der Waals surface area contributed by atoms with E-state index in [-0.39, 0.29) is 12.5 Å². The molecule has 0 fully saturated rings. The number of para-hydroxylation sites is 2. The van der Waals surface area contributed by atoms with Gasteiger partial charge in [0.2, 0.25) is 0 Å². The summed E-state index contributed by atoms with van der Waals surface area (Å²) < 4.78 is 5.49. The van der Waals surface area contributed by atoms with Gasteiger partial charge >= 0.3 is 11.8 Å². The van der Waals surface area contributed by atoms with Gasteiger partial charge in [0.1, 0.15) is 5.75 Å². The van der Waals surface area contributed by atoms with E-state index >= 15 is 0 Å². The number of amides is 3. The Morgan fingerprint density at radius 2 is 1.62 bits per heavy atom. The zero-order valence-corrected chi connectivity index (χ0v) is 17.5. The number of carbonyl (C=O) groups is 3. The molecule has 3 aromatic rings. The number of hydrazone groups is 1. The molecule has 0 saturated carbocycles. The maximum Gasteiger partial charge on any atom is 0.329 e. The van der Waals surface area contributed by atoms with E-state index in [0.29, 0.717) is 27.7 Å². The van der Waals surface area contributed by atoms with Crippen LogP contribution in [0.3, 0.4) is 0 Å². The summed E-state index contributed by atoms with van der Waals surface area (Å²) in [7, 11) is 0. The van der Waals surface area contributed by atoms with Crippen LogP contribution in [0.4, 0.5) is 11.4 Å². The van der Waals surface area contributed by atoms with Crippen molar-refractivity contribution in [3.05, 3.63) is 89.4 Å². The number of benzene rings is 3. The maximum atomic E-state index is 12.0. The third-order valence-electron chi connectivity index (χ3n) is 3.99. The van der Waals surface area contributed by atoms with Crippen LogP contribution in [0.25, 0.3) is 0 Å². The monoisotopic (exact) mass is 450 g/mol. The Labute approximate surface area is 189 Å². The molecule has 162 valence electrons. The molecule has 3 rings (SSSR count). The van der Waals surface area contributed by atoms with E-state index in [0.717, 1.165) is 0 Å². The summed E-state index contributed by atoms with van der Waals surface area (Å²) in [6.45, 7) is -0.172. The van der Waals surface area contributed by atoms with Crippen LogP contribution in [-0.2, 0) is 14.4 Å². The molecule has 0 bridgehead atoms. The minimum Gasteiger partial charge on any atom is -0.484 e. The summed E-state index contributed by atoms with van der Waals surface area (Å²) in [5.41, 5.74) is 3.73. The number of ether oxygens (including phenoxy) is 1. The van der Waals surface area contributed by atoms with Gasteiger partial charge in [-0.1, -0.05) is 54.1 Å². The summed E-state index contributed by atoms with van der Waals surface area (Å²) in [5, 5.41) is 9.20. The van der Waals surface area contributed by atoms with Gasteiger partial charge in [-0.3, -0.25) is 14.4 Å². The zero-order valence-electron chi connectivity index (χ0n) is 16.7. The van der Waals surface area contributed by atoms with E-state index in [4.69, 9.17) is 16.3 Å². The van der Waals surface area contributed by atoms with Crippen molar-refractivity contribution in [2.75, 3.05) is 17.2 Å². The van der Waals surface area contributed by atoms with Crippen molar-refractivity contribution in [2.24, 2.45) is 5.10 Å². The minimum atomic E-state index is -0.953. The number of anilines is 2. The molecule has 0 unspecified atom stereocenters. The SMILES string of the molecule is O=C(COc1cccc(/C=N\NC(=O)C(=O)Nc2ccccc2Cl)c1)Nc1ccccc1. The number of nitrogens with one attached hydrogen (secondary N) is 3. The van der Waals surface area contributed by atoms with Crippen LogP contribution in [0.2, 0.25) is 5.02 Å². The highest BCUT2D eigenvalue weighted by Gasteiger charge is 2.14. The Kier molecular flexibility index (Phi) is 7.94. The van der Waals surface area contributed by atoms with E-state index in [1.807, 2.05) is 18.2 Å². The first-order valence-electron chi connectivity index (χ1n) is 9.48. The number of hydrogen-bond donors (Lipinski definition) is 3. The quantitative estimate of drug-likeness (QED) is 0.291. The predicted molar refractivity (Wildman–Crippen MR) is 123 cm³/mol. The summed E-state index contributed by atoms with van der Waals surface area (Å²) >= 11 is 5.94. The highest BCUT2D eigenvalue weighted by Crippen LogP contribution is 2.20. The van der Waals surface area contributed by atoms with Gasteiger partial charge in [-0.25, -0.2) is 5.43 Å². The molecule has 8 nitrogen and oxygen atoms in total. The highest BCUT2D eigenvalue weighted by atomic mass is 35.5. The second kappa shape index (κ2) is 11.3. The van der Waals surface area contributed by atoms with E-state index in [1.54, 1.807) is 60.7 Å². The van der Waals surface area contributed by atoms with Crippen molar-refractivity contribution in [1.82, 2.24) is 5.43 Å². The zero-order chi connectivity index (χ0) is 22.8. The van der Waals surface area contributed by atoms with Crippen molar-refractivity contribution in [2.45, 2.75) is 0 Å². The third kappa shape index (κ3) is 6.96. The number of rotatable bonds is 7.